The second-order valence-corrected chi connectivity index (χ2v) is 6.79. The van der Waals surface area contributed by atoms with Crippen molar-refractivity contribution < 1.29 is 22.7 Å². The molecule has 7 heteroatoms. The van der Waals surface area contributed by atoms with Crippen LogP contribution < -0.4 is 4.74 Å². The van der Waals surface area contributed by atoms with Gasteiger partial charge in [0.15, 0.2) is 0 Å². The summed E-state index contributed by atoms with van der Waals surface area (Å²) in [5.41, 5.74) is 0.898. The summed E-state index contributed by atoms with van der Waals surface area (Å²) in [5, 5.41) is 0. The first kappa shape index (κ1) is 15.8. The van der Waals surface area contributed by atoms with E-state index in [9.17, 15) is 13.2 Å². The van der Waals surface area contributed by atoms with Gasteiger partial charge in [0, 0.05) is 20.0 Å². The van der Waals surface area contributed by atoms with Crippen molar-refractivity contribution in [3.05, 3.63) is 23.8 Å². The molecule has 0 spiro atoms. The van der Waals surface area contributed by atoms with Crippen LogP contribution in [0.5, 0.6) is 5.75 Å². The largest absolute Gasteiger partial charge is 0.493 e. The van der Waals surface area contributed by atoms with Gasteiger partial charge < -0.3 is 9.47 Å². The van der Waals surface area contributed by atoms with Crippen molar-refractivity contribution in [1.29, 1.82) is 0 Å². The minimum Gasteiger partial charge on any atom is -0.493 e. The van der Waals surface area contributed by atoms with Gasteiger partial charge in [0.05, 0.1) is 24.5 Å². The van der Waals surface area contributed by atoms with Gasteiger partial charge in [-0.05, 0) is 30.7 Å². The number of carbonyl (C=O) groups is 1. The highest BCUT2D eigenvalue weighted by Crippen LogP contribution is 2.28. The quantitative estimate of drug-likeness (QED) is 0.738. The van der Waals surface area contributed by atoms with E-state index in [1.165, 1.54) is 17.4 Å². The van der Waals surface area contributed by atoms with Gasteiger partial charge >= 0.3 is 5.97 Å². The normalized spacial score (nSPS) is 13.9. The average molecular weight is 313 g/mol. The van der Waals surface area contributed by atoms with Gasteiger partial charge in [-0.25, -0.2) is 12.7 Å². The Bertz CT molecular complexity index is 626. The van der Waals surface area contributed by atoms with E-state index < -0.39 is 16.0 Å². The van der Waals surface area contributed by atoms with Crippen molar-refractivity contribution in [1.82, 2.24) is 4.31 Å². The van der Waals surface area contributed by atoms with Crippen LogP contribution in [0.25, 0.3) is 0 Å². The van der Waals surface area contributed by atoms with E-state index in [2.05, 4.69) is 0 Å². The average Bonchev–Trinajstić information content (AvgIpc) is 2.92. The van der Waals surface area contributed by atoms with Crippen molar-refractivity contribution in [2.45, 2.75) is 24.7 Å². The summed E-state index contributed by atoms with van der Waals surface area (Å²) in [4.78, 5) is 11.5. The minimum absolute atomic E-state index is 0.0393. The van der Waals surface area contributed by atoms with Crippen molar-refractivity contribution in [3.8, 4) is 5.75 Å². The molecule has 116 valence electrons. The molecule has 1 heterocycles. The summed E-state index contributed by atoms with van der Waals surface area (Å²) in [6, 6.07) is 4.84. The molecule has 0 fully saturated rings. The molecule has 0 atom stereocenters. The van der Waals surface area contributed by atoms with Crippen LogP contribution in [-0.4, -0.2) is 45.5 Å². The predicted molar refractivity (Wildman–Crippen MR) is 76.7 cm³/mol. The van der Waals surface area contributed by atoms with Gasteiger partial charge in [0.2, 0.25) is 10.0 Å². The Morgan fingerprint density at radius 2 is 2.19 bits per heavy atom. The lowest BCUT2D eigenvalue weighted by atomic mass is 10.2. The van der Waals surface area contributed by atoms with Gasteiger partial charge in [0.1, 0.15) is 5.75 Å². The van der Waals surface area contributed by atoms with Crippen LogP contribution in [0, 0.1) is 0 Å². The monoisotopic (exact) mass is 313 g/mol. The van der Waals surface area contributed by atoms with Gasteiger partial charge in [0.25, 0.3) is 0 Å². The van der Waals surface area contributed by atoms with E-state index in [-0.39, 0.29) is 17.9 Å². The number of benzene rings is 1. The molecule has 0 saturated carbocycles. The van der Waals surface area contributed by atoms with Gasteiger partial charge in [-0.2, -0.15) is 0 Å². The van der Waals surface area contributed by atoms with Crippen molar-refractivity contribution >= 4 is 16.0 Å². The number of hydrogen-bond donors (Lipinski definition) is 0. The number of esters is 1. The summed E-state index contributed by atoms with van der Waals surface area (Å²) in [5.74, 6) is 0.338. The molecule has 21 heavy (non-hydrogen) atoms. The Labute approximate surface area is 124 Å². The summed E-state index contributed by atoms with van der Waals surface area (Å²) < 4.78 is 36.2. The Hall–Kier alpha value is -1.60. The molecule has 0 saturated heterocycles. The molecule has 0 N–H and O–H groups in total. The molecule has 6 nitrogen and oxygen atoms in total. The predicted octanol–water partition coefficient (Wildman–Crippen LogP) is 1.20. The lowest BCUT2D eigenvalue weighted by Crippen LogP contribution is -2.29. The van der Waals surface area contributed by atoms with E-state index in [4.69, 9.17) is 9.47 Å². The van der Waals surface area contributed by atoms with Crippen LogP contribution in [0.4, 0.5) is 0 Å². The molecule has 1 aromatic rings. The second-order valence-electron chi connectivity index (χ2n) is 4.75. The van der Waals surface area contributed by atoms with Crippen LogP contribution in [0.1, 0.15) is 18.9 Å². The summed E-state index contributed by atoms with van der Waals surface area (Å²) in [7, 11) is -2.14. The third-order valence-electron chi connectivity index (χ3n) is 3.31. The first-order valence-corrected chi connectivity index (χ1v) is 8.27. The van der Waals surface area contributed by atoms with Crippen LogP contribution >= 0.6 is 0 Å². The highest BCUT2D eigenvalue weighted by Gasteiger charge is 2.24. The smallest absolute Gasteiger partial charge is 0.307 e. The Kier molecular flexibility index (Phi) is 4.84. The fourth-order valence-corrected chi connectivity index (χ4v) is 3.33. The fraction of sp³-hybridized carbons (Fsp3) is 0.500. The molecular formula is C14H19NO5S. The molecule has 0 unspecified atom stereocenters. The number of ether oxygens (including phenoxy) is 2. The molecule has 0 radical (unpaired) electrons. The van der Waals surface area contributed by atoms with E-state index in [0.717, 1.165) is 11.3 Å². The zero-order chi connectivity index (χ0) is 15.5. The maximum atomic E-state index is 12.4. The van der Waals surface area contributed by atoms with E-state index in [1.54, 1.807) is 19.1 Å². The maximum Gasteiger partial charge on any atom is 0.307 e. The van der Waals surface area contributed by atoms with Crippen LogP contribution in [0.2, 0.25) is 0 Å². The lowest BCUT2D eigenvalue weighted by molar-refractivity contribution is -0.143. The van der Waals surface area contributed by atoms with Crippen molar-refractivity contribution in [2.24, 2.45) is 0 Å². The summed E-state index contributed by atoms with van der Waals surface area (Å²) >= 11 is 0. The molecular weight excluding hydrogens is 294 g/mol. The third-order valence-corrected chi connectivity index (χ3v) is 5.16. The molecule has 0 bridgehead atoms. The molecule has 2 rings (SSSR count). The number of hydrogen-bond acceptors (Lipinski definition) is 5. The zero-order valence-electron chi connectivity index (χ0n) is 12.2. The number of sulfonamides is 1. The van der Waals surface area contributed by atoms with Crippen LogP contribution in [0.15, 0.2) is 23.1 Å². The minimum atomic E-state index is -3.60. The van der Waals surface area contributed by atoms with Gasteiger partial charge in [-0.1, -0.05) is 0 Å². The Morgan fingerprint density at radius 1 is 1.43 bits per heavy atom. The molecule has 1 aliphatic heterocycles. The molecule has 1 aromatic carbocycles. The fourth-order valence-electron chi connectivity index (χ4n) is 2.11. The number of rotatable bonds is 6. The topological polar surface area (TPSA) is 72.9 Å². The first-order chi connectivity index (χ1) is 9.95. The maximum absolute atomic E-state index is 12.4. The SMILES string of the molecule is CCOC(=O)CCN(C)S(=O)(=O)c1ccc2c(c1)CCO2. The van der Waals surface area contributed by atoms with Gasteiger partial charge in [-0.15, -0.1) is 0 Å². The standard InChI is InChI=1S/C14H19NO5S/c1-3-19-14(16)6-8-15(2)21(17,18)12-4-5-13-11(10-12)7-9-20-13/h4-5,10H,3,6-9H2,1-2H3. The van der Waals surface area contributed by atoms with Crippen molar-refractivity contribution in [3.63, 3.8) is 0 Å². The van der Waals surface area contributed by atoms with Crippen LogP contribution in [-0.2, 0) is 26.0 Å². The number of fused-ring (bicyclic) bond motifs is 1. The number of carbonyl (C=O) groups excluding carboxylic acids is 1. The third kappa shape index (κ3) is 3.54. The van der Waals surface area contributed by atoms with Crippen LogP contribution in [0.3, 0.4) is 0 Å². The number of nitrogens with zero attached hydrogens (tertiary/aromatic N) is 1. The summed E-state index contributed by atoms with van der Waals surface area (Å²) in [6.45, 7) is 2.68. The zero-order valence-corrected chi connectivity index (χ0v) is 13.0. The molecule has 1 aliphatic rings. The second kappa shape index (κ2) is 6.44. The molecule has 0 aromatic heterocycles. The molecule has 0 amide bonds. The van der Waals surface area contributed by atoms with E-state index in [1.807, 2.05) is 0 Å². The highest BCUT2D eigenvalue weighted by atomic mass is 32.2. The Morgan fingerprint density at radius 3 is 2.90 bits per heavy atom. The first-order valence-electron chi connectivity index (χ1n) is 6.83. The van der Waals surface area contributed by atoms with E-state index >= 15 is 0 Å². The van der Waals surface area contributed by atoms with E-state index in [0.29, 0.717) is 19.6 Å². The highest BCUT2D eigenvalue weighted by molar-refractivity contribution is 7.89. The van der Waals surface area contributed by atoms with Gasteiger partial charge in [-0.3, -0.25) is 4.79 Å². The Balaban J connectivity index is 2.08. The summed E-state index contributed by atoms with van der Waals surface area (Å²) in [6.07, 6.45) is 0.753. The molecule has 0 aliphatic carbocycles. The lowest BCUT2D eigenvalue weighted by Gasteiger charge is -2.17. The van der Waals surface area contributed by atoms with Crippen molar-refractivity contribution in [2.75, 3.05) is 26.8 Å².